The van der Waals surface area contributed by atoms with Crippen molar-refractivity contribution in [3.8, 4) is 6.07 Å². The molecule has 0 radical (unpaired) electrons. The van der Waals surface area contributed by atoms with Gasteiger partial charge in [-0.15, -0.1) is 0 Å². The molecule has 6 nitrogen and oxygen atoms in total. The van der Waals surface area contributed by atoms with E-state index in [2.05, 4.69) is 22.1 Å². The first-order valence-corrected chi connectivity index (χ1v) is 8.83. The summed E-state index contributed by atoms with van der Waals surface area (Å²) in [4.78, 5) is 24.0. The molecule has 140 valence electrons. The number of anilines is 1. The van der Waals surface area contributed by atoms with Crippen LogP contribution >= 0.6 is 0 Å². The SMILES string of the molecule is CCCn1c(C)cc(/C=C(\C#N)C(=O)Nc2ccc(C(=O)NC)cc2)c1C. The summed E-state index contributed by atoms with van der Waals surface area (Å²) in [5, 5.41) is 14.6. The monoisotopic (exact) mass is 364 g/mol. The highest BCUT2D eigenvalue weighted by molar-refractivity contribution is 6.09. The number of nitrogens with zero attached hydrogens (tertiary/aromatic N) is 2. The zero-order valence-electron chi connectivity index (χ0n) is 16.1. The standard InChI is InChI=1S/C21H24N4O2/c1-5-10-25-14(2)11-17(15(25)3)12-18(13-22)21(27)24-19-8-6-16(7-9-19)20(26)23-4/h6-9,11-12H,5,10H2,1-4H3,(H,23,26)(H,24,27)/b18-12+. The summed E-state index contributed by atoms with van der Waals surface area (Å²) in [5.74, 6) is -0.682. The van der Waals surface area contributed by atoms with Gasteiger partial charge in [0, 0.05) is 36.2 Å². The lowest BCUT2D eigenvalue weighted by Gasteiger charge is -2.07. The van der Waals surface area contributed by atoms with Crippen LogP contribution in [0.25, 0.3) is 6.08 Å². The fourth-order valence-electron chi connectivity index (χ4n) is 2.89. The first-order valence-electron chi connectivity index (χ1n) is 8.83. The van der Waals surface area contributed by atoms with Gasteiger partial charge in [0.1, 0.15) is 11.6 Å². The maximum atomic E-state index is 12.5. The fraction of sp³-hybridized carbons (Fsp3) is 0.286. The molecule has 0 aliphatic heterocycles. The molecule has 0 aliphatic carbocycles. The minimum absolute atomic E-state index is 0.0297. The number of rotatable bonds is 6. The second-order valence-corrected chi connectivity index (χ2v) is 6.26. The van der Waals surface area contributed by atoms with Crippen LogP contribution < -0.4 is 10.6 Å². The van der Waals surface area contributed by atoms with Crippen LogP contribution in [0.2, 0.25) is 0 Å². The molecule has 0 bridgehead atoms. The Morgan fingerprint density at radius 1 is 1.22 bits per heavy atom. The quantitative estimate of drug-likeness (QED) is 0.608. The number of benzene rings is 1. The summed E-state index contributed by atoms with van der Waals surface area (Å²) in [5.41, 5.74) is 4.04. The van der Waals surface area contributed by atoms with Gasteiger partial charge in [-0.1, -0.05) is 6.92 Å². The molecule has 0 fully saturated rings. The average Bonchev–Trinajstić information content (AvgIpc) is 2.93. The number of nitrogens with one attached hydrogen (secondary N) is 2. The fourth-order valence-corrected chi connectivity index (χ4v) is 2.89. The lowest BCUT2D eigenvalue weighted by atomic mass is 10.1. The molecule has 0 unspecified atom stereocenters. The number of nitriles is 1. The third-order valence-electron chi connectivity index (χ3n) is 4.36. The molecule has 2 N–H and O–H groups in total. The molecule has 0 saturated heterocycles. The number of aryl methyl sites for hydroxylation is 1. The van der Waals surface area contributed by atoms with Crippen molar-refractivity contribution in [2.24, 2.45) is 0 Å². The molecule has 0 aliphatic rings. The average molecular weight is 364 g/mol. The van der Waals surface area contributed by atoms with Gasteiger partial charge < -0.3 is 15.2 Å². The number of aromatic nitrogens is 1. The minimum Gasteiger partial charge on any atom is -0.355 e. The van der Waals surface area contributed by atoms with E-state index in [1.165, 1.54) is 0 Å². The maximum Gasteiger partial charge on any atom is 0.266 e. The molecular weight excluding hydrogens is 340 g/mol. The van der Waals surface area contributed by atoms with Gasteiger partial charge in [0.05, 0.1) is 0 Å². The molecule has 2 rings (SSSR count). The van der Waals surface area contributed by atoms with Crippen LogP contribution in [-0.2, 0) is 11.3 Å². The van der Waals surface area contributed by atoms with E-state index >= 15 is 0 Å². The largest absolute Gasteiger partial charge is 0.355 e. The molecule has 0 saturated carbocycles. The van der Waals surface area contributed by atoms with Gasteiger partial charge in [-0.25, -0.2) is 0 Å². The van der Waals surface area contributed by atoms with Crippen molar-refractivity contribution in [2.75, 3.05) is 12.4 Å². The highest BCUT2D eigenvalue weighted by Crippen LogP contribution is 2.19. The van der Waals surface area contributed by atoms with Crippen LogP contribution in [0.1, 0.15) is 40.7 Å². The summed E-state index contributed by atoms with van der Waals surface area (Å²) in [6, 6.07) is 10.4. The van der Waals surface area contributed by atoms with Crippen molar-refractivity contribution in [2.45, 2.75) is 33.7 Å². The van der Waals surface area contributed by atoms with Crippen molar-refractivity contribution >= 4 is 23.6 Å². The number of hydrogen-bond acceptors (Lipinski definition) is 3. The summed E-state index contributed by atoms with van der Waals surface area (Å²) in [7, 11) is 1.56. The topological polar surface area (TPSA) is 86.9 Å². The van der Waals surface area contributed by atoms with Crippen LogP contribution in [-0.4, -0.2) is 23.4 Å². The summed E-state index contributed by atoms with van der Waals surface area (Å²) >= 11 is 0. The first-order chi connectivity index (χ1) is 12.9. The lowest BCUT2D eigenvalue weighted by molar-refractivity contribution is -0.112. The first kappa shape index (κ1) is 20.0. The van der Waals surface area contributed by atoms with Gasteiger partial charge in [-0.05, 0) is 62.2 Å². The summed E-state index contributed by atoms with van der Waals surface area (Å²) < 4.78 is 2.18. The lowest BCUT2D eigenvalue weighted by Crippen LogP contribution is -2.18. The molecule has 0 spiro atoms. The van der Waals surface area contributed by atoms with Crippen molar-refractivity contribution in [1.82, 2.24) is 9.88 Å². The van der Waals surface area contributed by atoms with Crippen molar-refractivity contribution < 1.29 is 9.59 Å². The highest BCUT2D eigenvalue weighted by Gasteiger charge is 2.13. The van der Waals surface area contributed by atoms with Crippen LogP contribution in [0.3, 0.4) is 0 Å². The van der Waals surface area contributed by atoms with E-state index < -0.39 is 5.91 Å². The van der Waals surface area contributed by atoms with Crippen LogP contribution in [0, 0.1) is 25.2 Å². The molecule has 2 amide bonds. The van der Waals surface area contributed by atoms with Crippen LogP contribution in [0.4, 0.5) is 5.69 Å². The van der Waals surface area contributed by atoms with E-state index in [0.29, 0.717) is 11.3 Å². The second kappa shape index (κ2) is 8.86. The number of carbonyl (C=O) groups excluding carboxylic acids is 2. The normalized spacial score (nSPS) is 11.0. The third kappa shape index (κ3) is 4.64. The Hall–Kier alpha value is -3.33. The van der Waals surface area contributed by atoms with E-state index in [-0.39, 0.29) is 11.5 Å². The Kier molecular flexibility index (Phi) is 6.56. The Morgan fingerprint density at radius 3 is 2.44 bits per heavy atom. The number of amides is 2. The molecule has 6 heteroatoms. The molecule has 27 heavy (non-hydrogen) atoms. The van der Waals surface area contributed by atoms with E-state index in [1.807, 2.05) is 26.0 Å². The van der Waals surface area contributed by atoms with E-state index in [4.69, 9.17) is 0 Å². The van der Waals surface area contributed by atoms with E-state index in [0.717, 1.165) is 29.9 Å². The van der Waals surface area contributed by atoms with E-state index in [9.17, 15) is 14.9 Å². The Labute approximate surface area is 159 Å². The van der Waals surface area contributed by atoms with Crippen LogP contribution in [0.5, 0.6) is 0 Å². The van der Waals surface area contributed by atoms with Gasteiger partial charge in [-0.3, -0.25) is 9.59 Å². The molecule has 2 aromatic rings. The van der Waals surface area contributed by atoms with Crippen LogP contribution in [0.15, 0.2) is 35.9 Å². The smallest absolute Gasteiger partial charge is 0.266 e. The third-order valence-corrected chi connectivity index (χ3v) is 4.36. The zero-order chi connectivity index (χ0) is 20.0. The predicted molar refractivity (Wildman–Crippen MR) is 106 cm³/mol. The minimum atomic E-state index is -0.481. The van der Waals surface area contributed by atoms with Gasteiger partial charge in [0.2, 0.25) is 0 Å². The zero-order valence-corrected chi connectivity index (χ0v) is 16.1. The Bertz CT molecular complexity index is 915. The molecular formula is C21H24N4O2. The summed E-state index contributed by atoms with van der Waals surface area (Å²) in [6.45, 7) is 7.01. The number of hydrogen-bond donors (Lipinski definition) is 2. The second-order valence-electron chi connectivity index (χ2n) is 6.26. The predicted octanol–water partition coefficient (Wildman–Crippen LogP) is 3.42. The van der Waals surface area contributed by atoms with Gasteiger partial charge in [0.15, 0.2) is 0 Å². The highest BCUT2D eigenvalue weighted by atomic mass is 16.2. The van der Waals surface area contributed by atoms with Crippen molar-refractivity contribution in [1.29, 1.82) is 5.26 Å². The maximum absolute atomic E-state index is 12.5. The Balaban J connectivity index is 2.21. The van der Waals surface area contributed by atoms with Crippen molar-refractivity contribution in [3.05, 3.63) is 58.4 Å². The molecule has 1 aromatic carbocycles. The molecule has 1 aromatic heterocycles. The van der Waals surface area contributed by atoms with Crippen molar-refractivity contribution in [3.63, 3.8) is 0 Å². The van der Waals surface area contributed by atoms with Gasteiger partial charge in [-0.2, -0.15) is 5.26 Å². The number of carbonyl (C=O) groups is 2. The summed E-state index contributed by atoms with van der Waals surface area (Å²) in [6.07, 6.45) is 2.62. The Morgan fingerprint density at radius 2 is 1.89 bits per heavy atom. The molecule has 0 atom stereocenters. The van der Waals surface area contributed by atoms with Gasteiger partial charge in [0.25, 0.3) is 11.8 Å². The molecule has 1 heterocycles. The van der Waals surface area contributed by atoms with Gasteiger partial charge >= 0.3 is 0 Å². The van der Waals surface area contributed by atoms with E-state index in [1.54, 1.807) is 37.4 Å².